The van der Waals surface area contributed by atoms with Crippen molar-refractivity contribution in [1.82, 2.24) is 14.5 Å². The van der Waals surface area contributed by atoms with Crippen molar-refractivity contribution in [3.05, 3.63) is 29.1 Å². The SMILES string of the molecule is Cc1cc(CCS(C)(=O)=O)cc2nc(N)c3nc4n(c3c12)CCOC4. The summed E-state index contributed by atoms with van der Waals surface area (Å²) in [5, 5.41) is 1.02. The fraction of sp³-hybridized carbons (Fsp3) is 0.412. The van der Waals surface area contributed by atoms with Gasteiger partial charge >= 0.3 is 0 Å². The van der Waals surface area contributed by atoms with Crippen molar-refractivity contribution in [2.75, 3.05) is 24.3 Å². The maximum Gasteiger partial charge on any atom is 0.152 e. The van der Waals surface area contributed by atoms with Crippen LogP contribution in [0.15, 0.2) is 12.1 Å². The summed E-state index contributed by atoms with van der Waals surface area (Å²) in [6.45, 7) is 3.87. The van der Waals surface area contributed by atoms with Gasteiger partial charge < -0.3 is 15.0 Å². The number of aryl methyl sites for hydroxylation is 2. The molecular weight excluding hydrogens is 340 g/mol. The fourth-order valence-electron chi connectivity index (χ4n) is 3.47. The van der Waals surface area contributed by atoms with Gasteiger partial charge in [0, 0.05) is 18.2 Å². The lowest BCUT2D eigenvalue weighted by molar-refractivity contribution is 0.0831. The normalized spacial score (nSPS) is 15.0. The van der Waals surface area contributed by atoms with Gasteiger partial charge in [0.1, 0.15) is 27.8 Å². The maximum absolute atomic E-state index is 11.4. The number of imidazole rings is 1. The van der Waals surface area contributed by atoms with E-state index in [1.165, 1.54) is 6.26 Å². The monoisotopic (exact) mass is 360 g/mol. The maximum atomic E-state index is 11.4. The molecular formula is C17H20N4O3S. The summed E-state index contributed by atoms with van der Waals surface area (Å²) in [5.41, 5.74) is 10.6. The van der Waals surface area contributed by atoms with Crippen LogP contribution in [0.5, 0.6) is 0 Å². The molecule has 8 heteroatoms. The van der Waals surface area contributed by atoms with Gasteiger partial charge in [0.05, 0.1) is 23.4 Å². The third kappa shape index (κ3) is 2.85. The predicted octanol–water partition coefficient (Wildman–Crippen LogP) is 1.59. The van der Waals surface area contributed by atoms with E-state index < -0.39 is 9.84 Å². The van der Waals surface area contributed by atoms with Gasteiger partial charge in [-0.25, -0.2) is 18.4 Å². The summed E-state index contributed by atoms with van der Waals surface area (Å²) >= 11 is 0. The Kier molecular flexibility index (Phi) is 3.69. The molecule has 0 saturated carbocycles. The third-order valence-electron chi connectivity index (χ3n) is 4.59. The van der Waals surface area contributed by atoms with Crippen LogP contribution < -0.4 is 5.73 Å². The summed E-state index contributed by atoms with van der Waals surface area (Å²) in [5.74, 6) is 1.38. The van der Waals surface area contributed by atoms with Crippen LogP contribution in [0, 0.1) is 6.92 Å². The van der Waals surface area contributed by atoms with Crippen molar-refractivity contribution in [3.8, 4) is 0 Å². The summed E-state index contributed by atoms with van der Waals surface area (Å²) in [7, 11) is -3.01. The molecule has 0 aliphatic carbocycles. The molecule has 0 bridgehead atoms. The van der Waals surface area contributed by atoms with Crippen molar-refractivity contribution in [2.45, 2.75) is 26.5 Å². The van der Waals surface area contributed by atoms with Crippen molar-refractivity contribution in [2.24, 2.45) is 0 Å². The number of hydrogen-bond donors (Lipinski definition) is 1. The Morgan fingerprint density at radius 1 is 1.32 bits per heavy atom. The molecule has 7 nitrogen and oxygen atoms in total. The first kappa shape index (κ1) is 16.3. The number of rotatable bonds is 3. The number of aromatic nitrogens is 3. The molecule has 2 N–H and O–H groups in total. The fourth-order valence-corrected chi connectivity index (χ4v) is 4.08. The highest BCUT2D eigenvalue weighted by Gasteiger charge is 2.21. The Morgan fingerprint density at radius 2 is 2.12 bits per heavy atom. The Balaban J connectivity index is 1.94. The molecule has 25 heavy (non-hydrogen) atoms. The van der Waals surface area contributed by atoms with Gasteiger partial charge in [-0.05, 0) is 30.5 Å². The highest BCUT2D eigenvalue weighted by molar-refractivity contribution is 7.90. The van der Waals surface area contributed by atoms with Crippen LogP contribution in [0.25, 0.3) is 21.9 Å². The number of hydrogen-bond acceptors (Lipinski definition) is 6. The summed E-state index contributed by atoms with van der Waals surface area (Å²) in [4.78, 5) is 9.13. The second kappa shape index (κ2) is 5.67. The van der Waals surface area contributed by atoms with E-state index in [1.54, 1.807) is 0 Å². The number of fused-ring (bicyclic) bond motifs is 5. The lowest BCUT2D eigenvalue weighted by Gasteiger charge is -2.16. The average molecular weight is 360 g/mol. The second-order valence-electron chi connectivity index (χ2n) is 6.61. The molecule has 1 aliphatic heterocycles. The number of pyridine rings is 1. The van der Waals surface area contributed by atoms with Gasteiger partial charge in [-0.2, -0.15) is 0 Å². The van der Waals surface area contributed by atoms with Crippen molar-refractivity contribution in [1.29, 1.82) is 0 Å². The molecule has 3 aromatic rings. The Morgan fingerprint density at radius 3 is 2.88 bits per heavy atom. The summed E-state index contributed by atoms with van der Waals surface area (Å²) in [6.07, 6.45) is 1.72. The van der Waals surface area contributed by atoms with Crippen LogP contribution in [0.4, 0.5) is 5.82 Å². The Bertz CT molecular complexity index is 1100. The second-order valence-corrected chi connectivity index (χ2v) is 8.87. The van der Waals surface area contributed by atoms with E-state index in [2.05, 4.69) is 14.5 Å². The average Bonchev–Trinajstić information content (AvgIpc) is 2.92. The number of nitrogens with two attached hydrogens (primary N) is 1. The van der Waals surface area contributed by atoms with E-state index in [9.17, 15) is 8.42 Å². The Hall–Kier alpha value is -2.19. The zero-order chi connectivity index (χ0) is 17.8. The van der Waals surface area contributed by atoms with Gasteiger partial charge in [-0.15, -0.1) is 0 Å². The molecule has 4 rings (SSSR count). The minimum atomic E-state index is -3.01. The third-order valence-corrected chi connectivity index (χ3v) is 5.54. The quantitative estimate of drug-likeness (QED) is 0.761. The molecule has 0 fully saturated rings. The van der Waals surface area contributed by atoms with Crippen LogP contribution in [0.1, 0.15) is 17.0 Å². The number of nitrogens with zero attached hydrogens (tertiary/aromatic N) is 3. The molecule has 2 aromatic heterocycles. The van der Waals surface area contributed by atoms with E-state index in [-0.39, 0.29) is 5.75 Å². The molecule has 1 aliphatic rings. The van der Waals surface area contributed by atoms with Crippen LogP contribution >= 0.6 is 0 Å². The van der Waals surface area contributed by atoms with Gasteiger partial charge in [0.15, 0.2) is 5.82 Å². The first-order valence-electron chi connectivity index (χ1n) is 8.17. The van der Waals surface area contributed by atoms with Crippen molar-refractivity contribution < 1.29 is 13.2 Å². The minimum Gasteiger partial charge on any atom is -0.382 e. The number of benzene rings is 1. The zero-order valence-corrected chi connectivity index (χ0v) is 15.1. The van der Waals surface area contributed by atoms with Gasteiger partial charge in [-0.3, -0.25) is 0 Å². The van der Waals surface area contributed by atoms with Crippen LogP contribution in [-0.2, 0) is 34.1 Å². The smallest absolute Gasteiger partial charge is 0.152 e. The standard InChI is InChI=1S/C17H20N4O3S/c1-10-7-11(3-6-25(2,22)23)8-12-14(10)16-15(17(18)19-12)20-13-9-24-5-4-21(13)16/h7-8H,3-6,9H2,1-2H3,(H2,18,19). The van der Waals surface area contributed by atoms with Crippen molar-refractivity contribution in [3.63, 3.8) is 0 Å². The molecule has 0 amide bonds. The largest absolute Gasteiger partial charge is 0.382 e. The molecule has 0 saturated heterocycles. The van der Waals surface area contributed by atoms with E-state index in [0.29, 0.717) is 31.0 Å². The van der Waals surface area contributed by atoms with Crippen LogP contribution in [0.3, 0.4) is 0 Å². The van der Waals surface area contributed by atoms with E-state index >= 15 is 0 Å². The molecule has 0 unspecified atom stereocenters. The highest BCUT2D eigenvalue weighted by atomic mass is 32.2. The Labute approximate surface area is 145 Å². The number of ether oxygens (including phenoxy) is 1. The number of sulfone groups is 1. The topological polar surface area (TPSA) is 100 Å². The first-order valence-corrected chi connectivity index (χ1v) is 10.2. The van der Waals surface area contributed by atoms with Crippen LogP contribution in [-0.4, -0.2) is 41.6 Å². The van der Waals surface area contributed by atoms with Crippen LogP contribution in [0.2, 0.25) is 0 Å². The zero-order valence-electron chi connectivity index (χ0n) is 14.2. The molecule has 0 spiro atoms. The van der Waals surface area contributed by atoms with Crippen molar-refractivity contribution >= 4 is 37.6 Å². The van der Waals surface area contributed by atoms with E-state index in [0.717, 1.165) is 39.9 Å². The summed E-state index contributed by atoms with van der Waals surface area (Å²) < 4.78 is 30.5. The van der Waals surface area contributed by atoms with E-state index in [4.69, 9.17) is 10.5 Å². The summed E-state index contributed by atoms with van der Waals surface area (Å²) in [6, 6.07) is 3.96. The number of anilines is 1. The first-order chi connectivity index (χ1) is 11.8. The highest BCUT2D eigenvalue weighted by Crippen LogP contribution is 2.32. The molecule has 1 aromatic carbocycles. The van der Waals surface area contributed by atoms with E-state index in [1.807, 2.05) is 19.1 Å². The molecule has 0 radical (unpaired) electrons. The number of nitrogen functional groups attached to an aromatic ring is 1. The lowest BCUT2D eigenvalue weighted by atomic mass is 10.0. The molecule has 3 heterocycles. The van der Waals surface area contributed by atoms with Gasteiger partial charge in [0.2, 0.25) is 0 Å². The lowest BCUT2D eigenvalue weighted by Crippen LogP contribution is -2.16. The predicted molar refractivity (Wildman–Crippen MR) is 97.3 cm³/mol. The minimum absolute atomic E-state index is 0.120. The molecule has 0 atom stereocenters. The molecule has 132 valence electrons. The van der Waals surface area contributed by atoms with Gasteiger partial charge in [0.25, 0.3) is 0 Å². The van der Waals surface area contributed by atoms with Gasteiger partial charge in [-0.1, -0.05) is 6.07 Å².